The predicted octanol–water partition coefficient (Wildman–Crippen LogP) is -0.0177. The van der Waals surface area contributed by atoms with Crippen molar-refractivity contribution >= 4 is 18.0 Å². The van der Waals surface area contributed by atoms with E-state index in [1.165, 1.54) is 0 Å². The van der Waals surface area contributed by atoms with E-state index in [0.717, 1.165) is 26.2 Å². The fourth-order valence-corrected chi connectivity index (χ4v) is 1.92. The van der Waals surface area contributed by atoms with Crippen molar-refractivity contribution in [3.05, 3.63) is 0 Å². The quantitative estimate of drug-likeness (QED) is 0.536. The van der Waals surface area contributed by atoms with Crippen LogP contribution in [0, 0.1) is 5.41 Å². The highest BCUT2D eigenvalue weighted by molar-refractivity contribution is 6.27. The van der Waals surface area contributed by atoms with E-state index in [9.17, 15) is 4.79 Å². The Labute approximate surface area is 116 Å². The average molecular weight is 288 g/mol. The standard InChI is InChI=1S/C10H18N2O2.C2H2O4/c1-9(2,3)14-8(13)12-6-10(7-12)4-11-5-10;3-1(4)2(5)6/h11H,4-7H2,1-3H3;(H,3,4)(H,5,6). The van der Waals surface area contributed by atoms with Crippen LogP contribution in [0.5, 0.6) is 0 Å². The maximum Gasteiger partial charge on any atom is 0.414 e. The molecule has 2 fully saturated rings. The normalized spacial score (nSPS) is 19.1. The number of aliphatic carboxylic acids is 2. The summed E-state index contributed by atoms with van der Waals surface area (Å²) in [6.45, 7) is 9.49. The molecule has 0 saturated carbocycles. The van der Waals surface area contributed by atoms with Crippen LogP contribution in [0.15, 0.2) is 0 Å². The van der Waals surface area contributed by atoms with E-state index in [1.54, 1.807) is 4.90 Å². The maximum absolute atomic E-state index is 11.6. The van der Waals surface area contributed by atoms with E-state index in [4.69, 9.17) is 24.5 Å². The Kier molecular flexibility index (Phi) is 4.59. The number of rotatable bonds is 0. The molecule has 0 unspecified atom stereocenters. The highest BCUT2D eigenvalue weighted by atomic mass is 16.6. The van der Waals surface area contributed by atoms with Crippen molar-refractivity contribution in [2.24, 2.45) is 5.41 Å². The second-order valence-electron chi connectivity index (χ2n) is 6.05. The number of nitrogens with zero attached hydrogens (tertiary/aromatic N) is 1. The summed E-state index contributed by atoms with van der Waals surface area (Å²) < 4.78 is 5.27. The van der Waals surface area contributed by atoms with Gasteiger partial charge < -0.3 is 25.2 Å². The van der Waals surface area contributed by atoms with Crippen LogP contribution in [0.25, 0.3) is 0 Å². The molecule has 0 bridgehead atoms. The summed E-state index contributed by atoms with van der Waals surface area (Å²) in [7, 11) is 0. The molecular formula is C12H20N2O6. The molecule has 0 atom stereocenters. The zero-order valence-electron chi connectivity index (χ0n) is 11.8. The number of nitrogens with one attached hydrogen (secondary N) is 1. The van der Waals surface area contributed by atoms with E-state index in [-0.39, 0.29) is 11.7 Å². The third-order valence-electron chi connectivity index (χ3n) is 2.89. The topological polar surface area (TPSA) is 116 Å². The second-order valence-corrected chi connectivity index (χ2v) is 6.05. The minimum atomic E-state index is -1.82. The van der Waals surface area contributed by atoms with Crippen molar-refractivity contribution in [2.45, 2.75) is 26.4 Å². The molecule has 1 spiro atoms. The van der Waals surface area contributed by atoms with Gasteiger partial charge in [0.25, 0.3) is 0 Å². The molecule has 2 aliphatic heterocycles. The molecule has 3 N–H and O–H groups in total. The SMILES string of the molecule is CC(C)(C)OC(=O)N1CC2(CNC2)C1.O=C(O)C(=O)O. The Hall–Kier alpha value is -1.83. The first-order valence-electron chi connectivity index (χ1n) is 6.20. The monoisotopic (exact) mass is 288 g/mol. The number of amides is 1. The number of likely N-dealkylation sites (tertiary alicyclic amines) is 1. The first-order valence-corrected chi connectivity index (χ1v) is 6.20. The van der Waals surface area contributed by atoms with Crippen LogP contribution in [0.1, 0.15) is 20.8 Å². The molecule has 0 aromatic rings. The van der Waals surface area contributed by atoms with Crippen molar-refractivity contribution in [3.8, 4) is 0 Å². The molecule has 20 heavy (non-hydrogen) atoms. The molecule has 2 rings (SSSR count). The first kappa shape index (κ1) is 16.2. The van der Waals surface area contributed by atoms with Gasteiger partial charge in [-0.15, -0.1) is 0 Å². The van der Waals surface area contributed by atoms with Gasteiger partial charge in [-0.2, -0.15) is 0 Å². The second kappa shape index (κ2) is 5.66. The summed E-state index contributed by atoms with van der Waals surface area (Å²) >= 11 is 0. The van der Waals surface area contributed by atoms with Crippen molar-refractivity contribution < 1.29 is 29.3 Å². The molecule has 8 nitrogen and oxygen atoms in total. The highest BCUT2D eigenvalue weighted by Crippen LogP contribution is 2.34. The molecule has 1 amide bonds. The van der Waals surface area contributed by atoms with Gasteiger partial charge in [-0.25, -0.2) is 14.4 Å². The van der Waals surface area contributed by atoms with Crippen LogP contribution in [-0.4, -0.2) is 64.9 Å². The van der Waals surface area contributed by atoms with E-state index >= 15 is 0 Å². The Bertz CT molecular complexity index is 391. The molecule has 2 heterocycles. The smallest absolute Gasteiger partial charge is 0.414 e. The van der Waals surface area contributed by atoms with Crippen LogP contribution in [0.2, 0.25) is 0 Å². The number of carbonyl (C=O) groups is 3. The lowest BCUT2D eigenvalue weighted by Gasteiger charge is -2.55. The molecule has 0 radical (unpaired) electrons. The summed E-state index contributed by atoms with van der Waals surface area (Å²) in [4.78, 5) is 31.5. The fourth-order valence-electron chi connectivity index (χ4n) is 1.92. The predicted molar refractivity (Wildman–Crippen MR) is 68.4 cm³/mol. The highest BCUT2D eigenvalue weighted by Gasteiger charge is 2.50. The van der Waals surface area contributed by atoms with Gasteiger partial charge >= 0.3 is 18.0 Å². The lowest BCUT2D eigenvalue weighted by Crippen LogP contribution is -2.72. The maximum atomic E-state index is 11.6. The Morgan fingerprint density at radius 1 is 1.10 bits per heavy atom. The van der Waals surface area contributed by atoms with E-state index in [0.29, 0.717) is 5.41 Å². The van der Waals surface area contributed by atoms with Gasteiger partial charge in [0, 0.05) is 31.6 Å². The Morgan fingerprint density at radius 3 is 1.80 bits per heavy atom. The molecule has 2 aliphatic rings. The number of hydrogen-bond donors (Lipinski definition) is 3. The summed E-state index contributed by atoms with van der Waals surface area (Å²) in [6.07, 6.45) is -0.171. The van der Waals surface area contributed by atoms with E-state index < -0.39 is 11.9 Å². The van der Waals surface area contributed by atoms with Crippen molar-refractivity contribution in [1.82, 2.24) is 10.2 Å². The Balaban J connectivity index is 0.000000286. The van der Waals surface area contributed by atoms with Gasteiger partial charge in [0.15, 0.2) is 0 Å². The number of carboxylic acids is 2. The molecule has 114 valence electrons. The van der Waals surface area contributed by atoms with Crippen LogP contribution in [0.4, 0.5) is 4.79 Å². The van der Waals surface area contributed by atoms with Gasteiger partial charge in [0.05, 0.1) is 0 Å². The molecule has 0 aliphatic carbocycles. The van der Waals surface area contributed by atoms with Gasteiger partial charge in [-0.1, -0.05) is 0 Å². The molecule has 8 heteroatoms. The van der Waals surface area contributed by atoms with Crippen LogP contribution in [0.3, 0.4) is 0 Å². The van der Waals surface area contributed by atoms with Crippen molar-refractivity contribution in [1.29, 1.82) is 0 Å². The molecule has 2 saturated heterocycles. The fraction of sp³-hybridized carbons (Fsp3) is 0.750. The van der Waals surface area contributed by atoms with Gasteiger partial charge in [-0.3, -0.25) is 0 Å². The molecule has 0 aromatic carbocycles. The number of hydrogen-bond acceptors (Lipinski definition) is 5. The minimum Gasteiger partial charge on any atom is -0.473 e. The first-order chi connectivity index (χ1) is 9.05. The number of ether oxygens (including phenoxy) is 1. The molecule has 0 aromatic heterocycles. The van der Waals surface area contributed by atoms with Crippen LogP contribution in [-0.2, 0) is 14.3 Å². The van der Waals surface area contributed by atoms with Crippen LogP contribution < -0.4 is 5.32 Å². The Morgan fingerprint density at radius 2 is 1.55 bits per heavy atom. The largest absolute Gasteiger partial charge is 0.473 e. The number of carboxylic acid groups (broad SMARTS) is 2. The zero-order valence-corrected chi connectivity index (χ0v) is 11.8. The summed E-state index contributed by atoms with van der Waals surface area (Å²) in [5, 5.41) is 18.0. The number of carbonyl (C=O) groups excluding carboxylic acids is 1. The lowest BCUT2D eigenvalue weighted by molar-refractivity contribution is -0.159. The summed E-state index contributed by atoms with van der Waals surface area (Å²) in [6, 6.07) is 0. The van der Waals surface area contributed by atoms with Crippen molar-refractivity contribution in [2.75, 3.05) is 26.2 Å². The zero-order chi connectivity index (χ0) is 15.6. The van der Waals surface area contributed by atoms with Crippen LogP contribution >= 0.6 is 0 Å². The van der Waals surface area contributed by atoms with E-state index in [1.807, 2.05) is 20.8 Å². The lowest BCUT2D eigenvalue weighted by atomic mass is 9.75. The van der Waals surface area contributed by atoms with Crippen molar-refractivity contribution in [3.63, 3.8) is 0 Å². The summed E-state index contributed by atoms with van der Waals surface area (Å²) in [5.74, 6) is -3.65. The summed E-state index contributed by atoms with van der Waals surface area (Å²) in [5.41, 5.74) is 0.00854. The third-order valence-corrected chi connectivity index (χ3v) is 2.89. The van der Waals surface area contributed by atoms with Gasteiger partial charge in [-0.05, 0) is 20.8 Å². The molecular weight excluding hydrogens is 268 g/mol. The van der Waals surface area contributed by atoms with Gasteiger partial charge in [0.1, 0.15) is 5.60 Å². The third kappa shape index (κ3) is 4.37. The minimum absolute atomic E-state index is 0.171. The van der Waals surface area contributed by atoms with Gasteiger partial charge in [0.2, 0.25) is 0 Å². The average Bonchev–Trinajstić information content (AvgIpc) is 2.10. The van der Waals surface area contributed by atoms with E-state index in [2.05, 4.69) is 5.32 Å².